The highest BCUT2D eigenvalue weighted by atomic mass is 16.5. The van der Waals surface area contributed by atoms with E-state index in [9.17, 15) is 5.11 Å². The Morgan fingerprint density at radius 1 is 1.21 bits per heavy atom. The lowest BCUT2D eigenvalue weighted by atomic mass is 9.98. The van der Waals surface area contributed by atoms with Crippen LogP contribution in [0.25, 0.3) is 0 Å². The van der Waals surface area contributed by atoms with E-state index in [1.807, 2.05) is 0 Å². The Morgan fingerprint density at radius 2 is 2.00 bits per heavy atom. The molecule has 2 aliphatic heterocycles. The third-order valence-electron chi connectivity index (χ3n) is 5.13. The van der Waals surface area contributed by atoms with Crippen LogP contribution in [0.2, 0.25) is 0 Å². The SMILES string of the molecule is CC1COC(CO)CN1CC1CCC2(CCCC2)O1. The van der Waals surface area contributed by atoms with Crippen LogP contribution in [-0.2, 0) is 9.47 Å². The van der Waals surface area contributed by atoms with Gasteiger partial charge in [-0.15, -0.1) is 0 Å². The highest BCUT2D eigenvalue weighted by molar-refractivity contribution is 4.94. The number of rotatable bonds is 3. The molecule has 0 aromatic rings. The van der Waals surface area contributed by atoms with Crippen molar-refractivity contribution in [2.75, 3.05) is 26.3 Å². The van der Waals surface area contributed by atoms with Gasteiger partial charge in [0, 0.05) is 19.1 Å². The van der Waals surface area contributed by atoms with Gasteiger partial charge in [-0.05, 0) is 32.6 Å². The lowest BCUT2D eigenvalue weighted by Crippen LogP contribution is -2.51. The second-order valence-corrected chi connectivity index (χ2v) is 6.61. The van der Waals surface area contributed by atoms with E-state index in [1.54, 1.807) is 0 Å². The van der Waals surface area contributed by atoms with Crippen LogP contribution in [0.1, 0.15) is 45.4 Å². The maximum Gasteiger partial charge on any atom is 0.0933 e. The summed E-state index contributed by atoms with van der Waals surface area (Å²) in [7, 11) is 0. The minimum Gasteiger partial charge on any atom is -0.394 e. The van der Waals surface area contributed by atoms with E-state index >= 15 is 0 Å². The fourth-order valence-electron chi connectivity index (χ4n) is 3.91. The zero-order valence-corrected chi connectivity index (χ0v) is 12.0. The number of morpholine rings is 1. The van der Waals surface area contributed by atoms with Crippen LogP contribution in [0.3, 0.4) is 0 Å². The molecule has 4 nitrogen and oxygen atoms in total. The predicted molar refractivity (Wildman–Crippen MR) is 73.2 cm³/mol. The summed E-state index contributed by atoms with van der Waals surface area (Å²) in [4.78, 5) is 2.43. The van der Waals surface area contributed by atoms with Crippen molar-refractivity contribution < 1.29 is 14.6 Å². The van der Waals surface area contributed by atoms with Gasteiger partial charge in [0.25, 0.3) is 0 Å². The van der Waals surface area contributed by atoms with Gasteiger partial charge in [0.1, 0.15) is 0 Å². The Morgan fingerprint density at radius 3 is 2.74 bits per heavy atom. The first kappa shape index (κ1) is 13.8. The van der Waals surface area contributed by atoms with Crippen LogP contribution in [-0.4, -0.2) is 60.2 Å². The summed E-state index contributed by atoms with van der Waals surface area (Å²) < 4.78 is 12.0. The van der Waals surface area contributed by atoms with Gasteiger partial charge in [0.2, 0.25) is 0 Å². The molecule has 0 bridgehead atoms. The lowest BCUT2D eigenvalue weighted by Gasteiger charge is -2.38. The largest absolute Gasteiger partial charge is 0.394 e. The zero-order valence-electron chi connectivity index (χ0n) is 12.0. The molecule has 1 spiro atoms. The Hall–Kier alpha value is -0.160. The van der Waals surface area contributed by atoms with E-state index in [0.717, 1.165) is 19.7 Å². The zero-order chi connectivity index (χ0) is 13.3. The van der Waals surface area contributed by atoms with Crippen molar-refractivity contribution in [1.82, 2.24) is 4.90 Å². The Bertz CT molecular complexity index is 304. The summed E-state index contributed by atoms with van der Waals surface area (Å²) >= 11 is 0. The summed E-state index contributed by atoms with van der Waals surface area (Å²) in [6, 6.07) is 0.437. The summed E-state index contributed by atoms with van der Waals surface area (Å²) in [6.07, 6.45) is 8.04. The van der Waals surface area contributed by atoms with Crippen molar-refractivity contribution >= 4 is 0 Å². The molecule has 0 aromatic carbocycles. The van der Waals surface area contributed by atoms with Crippen LogP contribution in [0.15, 0.2) is 0 Å². The van der Waals surface area contributed by atoms with Gasteiger partial charge in [0.05, 0.1) is 31.0 Å². The van der Waals surface area contributed by atoms with Crippen LogP contribution in [0.4, 0.5) is 0 Å². The van der Waals surface area contributed by atoms with Crippen molar-refractivity contribution in [2.24, 2.45) is 0 Å². The van der Waals surface area contributed by atoms with E-state index in [-0.39, 0.29) is 18.3 Å². The molecular formula is C15H27NO3. The molecule has 3 rings (SSSR count). The van der Waals surface area contributed by atoms with Gasteiger partial charge >= 0.3 is 0 Å². The van der Waals surface area contributed by atoms with Gasteiger partial charge in [-0.2, -0.15) is 0 Å². The fourth-order valence-corrected chi connectivity index (χ4v) is 3.91. The molecule has 2 heterocycles. The summed E-state index contributed by atoms with van der Waals surface area (Å²) in [5.74, 6) is 0. The molecule has 0 aromatic heterocycles. The van der Waals surface area contributed by atoms with Gasteiger partial charge in [0.15, 0.2) is 0 Å². The van der Waals surface area contributed by atoms with Gasteiger partial charge < -0.3 is 14.6 Å². The van der Waals surface area contributed by atoms with E-state index in [2.05, 4.69) is 11.8 Å². The van der Waals surface area contributed by atoms with Gasteiger partial charge in [-0.1, -0.05) is 12.8 Å². The molecule has 4 heteroatoms. The van der Waals surface area contributed by atoms with E-state index < -0.39 is 0 Å². The van der Waals surface area contributed by atoms with Crippen molar-refractivity contribution in [3.05, 3.63) is 0 Å². The summed E-state index contributed by atoms with van der Waals surface area (Å²) in [5, 5.41) is 9.24. The lowest BCUT2D eigenvalue weighted by molar-refractivity contribution is -0.101. The predicted octanol–water partition coefficient (Wildman–Crippen LogP) is 1.56. The monoisotopic (exact) mass is 269 g/mol. The minimum absolute atomic E-state index is 0.0157. The number of ether oxygens (including phenoxy) is 2. The fraction of sp³-hybridized carbons (Fsp3) is 1.00. The molecule has 3 fully saturated rings. The molecule has 1 saturated carbocycles. The van der Waals surface area contributed by atoms with Crippen LogP contribution in [0.5, 0.6) is 0 Å². The van der Waals surface area contributed by atoms with Crippen molar-refractivity contribution in [2.45, 2.75) is 69.3 Å². The molecule has 0 radical (unpaired) electrons. The Balaban J connectivity index is 1.53. The smallest absolute Gasteiger partial charge is 0.0933 e. The highest BCUT2D eigenvalue weighted by Crippen LogP contribution is 2.43. The average Bonchev–Trinajstić information content (AvgIpc) is 3.03. The van der Waals surface area contributed by atoms with Crippen LogP contribution < -0.4 is 0 Å². The average molecular weight is 269 g/mol. The summed E-state index contributed by atoms with van der Waals surface area (Å²) in [6.45, 7) is 4.89. The molecule has 3 unspecified atom stereocenters. The molecular weight excluding hydrogens is 242 g/mol. The highest BCUT2D eigenvalue weighted by Gasteiger charge is 2.43. The number of aliphatic hydroxyl groups is 1. The maximum atomic E-state index is 9.24. The minimum atomic E-state index is -0.0157. The standard InChI is InChI=1S/C15H27NO3/c1-12-11-18-14(10-17)9-16(12)8-13-4-7-15(19-13)5-2-3-6-15/h12-14,17H,2-11H2,1H3. The topological polar surface area (TPSA) is 41.9 Å². The molecule has 110 valence electrons. The quantitative estimate of drug-likeness (QED) is 0.844. The Kier molecular flexibility index (Phi) is 4.13. The second-order valence-electron chi connectivity index (χ2n) is 6.61. The molecule has 1 aliphatic carbocycles. The van der Waals surface area contributed by atoms with Crippen LogP contribution in [0, 0.1) is 0 Å². The van der Waals surface area contributed by atoms with Gasteiger partial charge in [-0.3, -0.25) is 4.90 Å². The molecule has 3 atom stereocenters. The first-order valence-corrected chi connectivity index (χ1v) is 7.85. The first-order chi connectivity index (χ1) is 9.21. The molecule has 2 saturated heterocycles. The molecule has 3 aliphatic rings. The summed E-state index contributed by atoms with van der Waals surface area (Å²) in [5.41, 5.74) is 0.233. The van der Waals surface area contributed by atoms with E-state index in [0.29, 0.717) is 12.1 Å². The maximum absolute atomic E-state index is 9.24. The molecule has 1 N–H and O–H groups in total. The van der Waals surface area contributed by atoms with E-state index in [1.165, 1.54) is 38.5 Å². The van der Waals surface area contributed by atoms with E-state index in [4.69, 9.17) is 9.47 Å². The third kappa shape index (κ3) is 2.97. The number of hydrogen-bond acceptors (Lipinski definition) is 4. The normalized spacial score (nSPS) is 39.2. The molecule has 0 amide bonds. The van der Waals surface area contributed by atoms with Crippen LogP contribution >= 0.6 is 0 Å². The van der Waals surface area contributed by atoms with Crippen molar-refractivity contribution in [1.29, 1.82) is 0 Å². The van der Waals surface area contributed by atoms with Gasteiger partial charge in [-0.25, -0.2) is 0 Å². The second kappa shape index (κ2) is 5.68. The van der Waals surface area contributed by atoms with Crippen molar-refractivity contribution in [3.63, 3.8) is 0 Å². The van der Waals surface area contributed by atoms with Crippen molar-refractivity contribution in [3.8, 4) is 0 Å². The first-order valence-electron chi connectivity index (χ1n) is 7.85. The Labute approximate surface area is 116 Å². The molecule has 19 heavy (non-hydrogen) atoms. The number of hydrogen-bond donors (Lipinski definition) is 1. The number of nitrogens with zero attached hydrogens (tertiary/aromatic N) is 1. The number of aliphatic hydroxyl groups excluding tert-OH is 1. The third-order valence-corrected chi connectivity index (χ3v) is 5.13.